The van der Waals surface area contributed by atoms with Crippen LogP contribution >= 0.6 is 11.3 Å². The summed E-state index contributed by atoms with van der Waals surface area (Å²) in [6, 6.07) is 0.123. The number of hydrogen-bond acceptors (Lipinski definition) is 6. The summed E-state index contributed by atoms with van der Waals surface area (Å²) in [5.74, 6) is -0.112. The zero-order chi connectivity index (χ0) is 18.1. The number of esters is 1. The first kappa shape index (κ1) is 17.6. The van der Waals surface area contributed by atoms with Crippen LogP contribution in [-0.2, 0) is 16.1 Å². The zero-order valence-electron chi connectivity index (χ0n) is 14.5. The summed E-state index contributed by atoms with van der Waals surface area (Å²) in [6.45, 7) is 5.60. The van der Waals surface area contributed by atoms with Crippen molar-refractivity contribution in [3.8, 4) is 0 Å². The molecule has 25 heavy (non-hydrogen) atoms. The molecule has 1 N–H and O–H groups in total. The van der Waals surface area contributed by atoms with E-state index in [2.05, 4.69) is 10.3 Å². The maximum absolute atomic E-state index is 12.7. The Bertz CT molecular complexity index is 882. The van der Waals surface area contributed by atoms with Gasteiger partial charge in [-0.05, 0) is 45.1 Å². The number of fused-ring (bicyclic) bond motifs is 1. The number of nitrogens with zero attached hydrogens (tertiary/aromatic N) is 2. The normalized spacial score (nSPS) is 15.2. The fraction of sp³-hybridized carbons (Fsp3) is 0.529. The van der Waals surface area contributed by atoms with Crippen LogP contribution in [-0.4, -0.2) is 34.1 Å². The molecule has 0 aliphatic heterocycles. The van der Waals surface area contributed by atoms with Gasteiger partial charge in [0.2, 0.25) is 5.91 Å². The van der Waals surface area contributed by atoms with Crippen LogP contribution in [0.3, 0.4) is 0 Å². The molecule has 1 fully saturated rings. The summed E-state index contributed by atoms with van der Waals surface area (Å²) < 4.78 is 6.30. The van der Waals surface area contributed by atoms with Gasteiger partial charge < -0.3 is 10.1 Å². The number of hydrogen-bond donors (Lipinski definition) is 1. The van der Waals surface area contributed by atoms with E-state index in [-0.39, 0.29) is 30.7 Å². The Hall–Kier alpha value is -2.22. The number of nitrogens with one attached hydrogen (secondary N) is 1. The molecule has 3 rings (SSSR count). The molecular weight excluding hydrogens is 342 g/mol. The highest BCUT2D eigenvalue weighted by Gasteiger charge is 2.29. The van der Waals surface area contributed by atoms with E-state index in [0.717, 1.165) is 24.2 Å². The number of amides is 1. The molecule has 1 amide bonds. The van der Waals surface area contributed by atoms with Gasteiger partial charge in [0.1, 0.15) is 16.3 Å². The average molecular weight is 363 g/mol. The second-order valence-electron chi connectivity index (χ2n) is 6.33. The van der Waals surface area contributed by atoms with Crippen molar-refractivity contribution in [1.29, 1.82) is 0 Å². The van der Waals surface area contributed by atoms with Gasteiger partial charge in [0, 0.05) is 6.04 Å². The van der Waals surface area contributed by atoms with Crippen LogP contribution in [0.15, 0.2) is 11.1 Å². The van der Waals surface area contributed by atoms with E-state index in [1.807, 2.05) is 6.92 Å². The van der Waals surface area contributed by atoms with Gasteiger partial charge in [-0.3, -0.25) is 14.2 Å². The lowest BCUT2D eigenvalue weighted by Crippen LogP contribution is -2.38. The topological polar surface area (TPSA) is 90.3 Å². The largest absolute Gasteiger partial charge is 0.462 e. The smallest absolute Gasteiger partial charge is 0.348 e. The fourth-order valence-corrected chi connectivity index (χ4v) is 3.86. The summed E-state index contributed by atoms with van der Waals surface area (Å²) in [5, 5.41) is 3.30. The van der Waals surface area contributed by atoms with Crippen LogP contribution < -0.4 is 10.9 Å². The predicted octanol–water partition coefficient (Wildman–Crippen LogP) is 1.86. The number of rotatable bonds is 6. The van der Waals surface area contributed by atoms with Gasteiger partial charge in [0.25, 0.3) is 5.56 Å². The quantitative estimate of drug-likeness (QED) is 0.791. The third-order valence-electron chi connectivity index (χ3n) is 4.41. The first-order valence-electron chi connectivity index (χ1n) is 8.37. The maximum atomic E-state index is 12.7. The Kier molecular flexibility index (Phi) is 4.89. The SMILES string of the molecule is CCOC(=O)c1sc2ncn(CC(=O)N[C@H](C)C3CC3)c(=O)c2c1C. The minimum absolute atomic E-state index is 0.0805. The molecule has 1 saturated carbocycles. The van der Waals surface area contributed by atoms with Crippen molar-refractivity contribution >= 4 is 33.4 Å². The lowest BCUT2D eigenvalue weighted by atomic mass is 10.2. The number of ether oxygens (including phenoxy) is 1. The number of thiophene rings is 1. The molecule has 1 aliphatic rings. The van der Waals surface area contributed by atoms with Crippen molar-refractivity contribution in [3.05, 3.63) is 27.1 Å². The van der Waals surface area contributed by atoms with E-state index < -0.39 is 5.97 Å². The van der Waals surface area contributed by atoms with Gasteiger partial charge in [-0.1, -0.05) is 0 Å². The molecule has 134 valence electrons. The third-order valence-corrected chi connectivity index (χ3v) is 5.59. The molecule has 0 bridgehead atoms. The van der Waals surface area contributed by atoms with E-state index in [1.165, 1.54) is 10.9 Å². The Morgan fingerprint density at radius 2 is 2.20 bits per heavy atom. The molecule has 0 unspecified atom stereocenters. The van der Waals surface area contributed by atoms with E-state index >= 15 is 0 Å². The first-order valence-corrected chi connectivity index (χ1v) is 9.19. The summed E-state index contributed by atoms with van der Waals surface area (Å²) in [6.07, 6.45) is 3.64. The van der Waals surface area contributed by atoms with Gasteiger partial charge >= 0.3 is 5.97 Å². The molecule has 1 atom stereocenters. The molecular formula is C17H21N3O4S. The van der Waals surface area contributed by atoms with Crippen LogP contribution in [0, 0.1) is 12.8 Å². The second-order valence-corrected chi connectivity index (χ2v) is 7.33. The minimum atomic E-state index is -0.454. The van der Waals surface area contributed by atoms with Crippen LogP contribution in [0.4, 0.5) is 0 Å². The minimum Gasteiger partial charge on any atom is -0.462 e. The molecule has 0 spiro atoms. The Labute approximate surface area is 149 Å². The lowest BCUT2D eigenvalue weighted by molar-refractivity contribution is -0.122. The van der Waals surface area contributed by atoms with Gasteiger partial charge in [-0.25, -0.2) is 9.78 Å². The zero-order valence-corrected chi connectivity index (χ0v) is 15.3. The number of carbonyl (C=O) groups excluding carboxylic acids is 2. The molecule has 2 aromatic rings. The van der Waals surface area contributed by atoms with Crippen LogP contribution in [0.25, 0.3) is 10.2 Å². The molecule has 2 aromatic heterocycles. The lowest BCUT2D eigenvalue weighted by Gasteiger charge is -2.13. The van der Waals surface area contributed by atoms with E-state index in [4.69, 9.17) is 4.74 Å². The summed E-state index contributed by atoms with van der Waals surface area (Å²) in [4.78, 5) is 42.0. The average Bonchev–Trinajstić information content (AvgIpc) is 3.35. The van der Waals surface area contributed by atoms with Gasteiger partial charge in [-0.2, -0.15) is 0 Å². The van der Waals surface area contributed by atoms with Crippen LogP contribution in [0.5, 0.6) is 0 Å². The predicted molar refractivity (Wildman–Crippen MR) is 94.9 cm³/mol. The van der Waals surface area contributed by atoms with Crippen molar-refractivity contribution in [2.45, 2.75) is 46.2 Å². The van der Waals surface area contributed by atoms with Crippen molar-refractivity contribution in [2.75, 3.05) is 6.61 Å². The number of aryl methyl sites for hydroxylation is 1. The highest BCUT2D eigenvalue weighted by atomic mass is 32.1. The summed E-state index contributed by atoms with van der Waals surface area (Å²) in [7, 11) is 0. The molecule has 8 heteroatoms. The monoisotopic (exact) mass is 363 g/mol. The number of carbonyl (C=O) groups is 2. The molecule has 2 heterocycles. The van der Waals surface area contributed by atoms with Crippen molar-refractivity contribution in [3.63, 3.8) is 0 Å². The van der Waals surface area contributed by atoms with Crippen molar-refractivity contribution in [2.24, 2.45) is 5.92 Å². The third kappa shape index (κ3) is 3.58. The van der Waals surface area contributed by atoms with E-state index in [1.54, 1.807) is 13.8 Å². The molecule has 1 aliphatic carbocycles. The van der Waals surface area contributed by atoms with Gasteiger partial charge in [-0.15, -0.1) is 11.3 Å². The van der Waals surface area contributed by atoms with Crippen molar-refractivity contribution < 1.29 is 14.3 Å². The first-order chi connectivity index (χ1) is 11.9. The summed E-state index contributed by atoms with van der Waals surface area (Å²) in [5.41, 5.74) is 0.237. The second kappa shape index (κ2) is 6.95. The summed E-state index contributed by atoms with van der Waals surface area (Å²) >= 11 is 1.14. The number of aromatic nitrogens is 2. The Morgan fingerprint density at radius 3 is 2.84 bits per heavy atom. The molecule has 0 aromatic carbocycles. The van der Waals surface area contributed by atoms with Crippen LogP contribution in [0.2, 0.25) is 0 Å². The molecule has 0 radical (unpaired) electrons. The maximum Gasteiger partial charge on any atom is 0.348 e. The fourth-order valence-electron chi connectivity index (χ4n) is 2.83. The Balaban J connectivity index is 1.86. The van der Waals surface area contributed by atoms with E-state index in [0.29, 0.717) is 26.6 Å². The molecule has 0 saturated heterocycles. The van der Waals surface area contributed by atoms with Crippen LogP contribution in [0.1, 0.15) is 41.9 Å². The van der Waals surface area contributed by atoms with Gasteiger partial charge in [0.05, 0.1) is 18.3 Å². The van der Waals surface area contributed by atoms with E-state index in [9.17, 15) is 14.4 Å². The standard InChI is InChI=1S/C17H21N3O4S/c1-4-24-17(23)14-9(2)13-15(25-14)18-8-20(16(13)22)7-12(21)19-10(3)11-5-6-11/h8,10-11H,4-7H2,1-3H3,(H,19,21)/t10-/m1/s1. The van der Waals surface area contributed by atoms with Crippen molar-refractivity contribution in [1.82, 2.24) is 14.9 Å². The highest BCUT2D eigenvalue weighted by molar-refractivity contribution is 7.20. The molecule has 7 nitrogen and oxygen atoms in total. The van der Waals surface area contributed by atoms with Gasteiger partial charge in [0.15, 0.2) is 0 Å². The Morgan fingerprint density at radius 1 is 1.48 bits per heavy atom. The highest BCUT2D eigenvalue weighted by Crippen LogP contribution is 2.32.